The van der Waals surface area contributed by atoms with Crippen LogP contribution in [0.15, 0.2) is 34.7 Å². The molecule has 78 valence electrons. The molecule has 0 saturated heterocycles. The standard InChI is InChI=1S/C11H13N3O/c1-8(12)7-10-13-14-11(15-10)9-5-3-2-4-6-9/h2-6,8H,7,12H2,1H3. The molecule has 4 nitrogen and oxygen atoms in total. The highest BCUT2D eigenvalue weighted by atomic mass is 16.4. The van der Waals surface area contributed by atoms with E-state index in [2.05, 4.69) is 10.2 Å². The molecule has 0 aliphatic carbocycles. The third-order valence-corrected chi connectivity index (χ3v) is 1.98. The summed E-state index contributed by atoms with van der Waals surface area (Å²) in [5, 5.41) is 7.90. The minimum Gasteiger partial charge on any atom is -0.421 e. The SMILES string of the molecule is CC(N)Cc1nnc(-c2ccccc2)o1. The van der Waals surface area contributed by atoms with E-state index in [9.17, 15) is 0 Å². The first-order chi connectivity index (χ1) is 7.25. The highest BCUT2D eigenvalue weighted by Crippen LogP contribution is 2.17. The molecule has 0 spiro atoms. The van der Waals surface area contributed by atoms with Gasteiger partial charge in [-0.25, -0.2) is 0 Å². The van der Waals surface area contributed by atoms with E-state index in [-0.39, 0.29) is 6.04 Å². The fraction of sp³-hybridized carbons (Fsp3) is 0.273. The van der Waals surface area contributed by atoms with Gasteiger partial charge in [0.05, 0.1) is 0 Å². The van der Waals surface area contributed by atoms with Crippen LogP contribution < -0.4 is 5.73 Å². The molecule has 0 radical (unpaired) electrons. The molecule has 2 N–H and O–H groups in total. The van der Waals surface area contributed by atoms with Crippen molar-refractivity contribution in [2.24, 2.45) is 5.73 Å². The van der Waals surface area contributed by atoms with E-state index in [4.69, 9.17) is 10.2 Å². The molecule has 0 bridgehead atoms. The lowest BCUT2D eigenvalue weighted by molar-refractivity contribution is 0.487. The number of nitrogens with zero attached hydrogens (tertiary/aromatic N) is 2. The van der Waals surface area contributed by atoms with Crippen molar-refractivity contribution in [2.75, 3.05) is 0 Å². The Bertz CT molecular complexity index is 422. The fourth-order valence-corrected chi connectivity index (χ4v) is 1.31. The quantitative estimate of drug-likeness (QED) is 0.823. The minimum absolute atomic E-state index is 0.0362. The minimum atomic E-state index is 0.0362. The van der Waals surface area contributed by atoms with Crippen molar-refractivity contribution in [1.82, 2.24) is 10.2 Å². The predicted octanol–water partition coefficient (Wildman–Crippen LogP) is 1.63. The summed E-state index contributed by atoms with van der Waals surface area (Å²) in [5.74, 6) is 1.13. The van der Waals surface area contributed by atoms with Crippen LogP contribution >= 0.6 is 0 Å². The Balaban J connectivity index is 2.21. The zero-order chi connectivity index (χ0) is 10.7. The van der Waals surface area contributed by atoms with Crippen LogP contribution in [0.4, 0.5) is 0 Å². The van der Waals surface area contributed by atoms with Crippen LogP contribution in [0, 0.1) is 0 Å². The lowest BCUT2D eigenvalue weighted by Crippen LogP contribution is -2.17. The van der Waals surface area contributed by atoms with Crippen LogP contribution in [-0.4, -0.2) is 16.2 Å². The van der Waals surface area contributed by atoms with Gasteiger partial charge in [0.1, 0.15) is 0 Å². The summed E-state index contributed by atoms with van der Waals surface area (Å²) in [7, 11) is 0. The van der Waals surface area contributed by atoms with Gasteiger partial charge in [0.25, 0.3) is 0 Å². The Hall–Kier alpha value is -1.68. The molecule has 1 atom stereocenters. The molecule has 0 aliphatic heterocycles. The maximum Gasteiger partial charge on any atom is 0.247 e. The molecule has 2 aromatic rings. The molecule has 0 fully saturated rings. The summed E-state index contributed by atoms with van der Waals surface area (Å²) in [6, 6.07) is 9.72. The lowest BCUT2D eigenvalue weighted by atomic mass is 10.2. The summed E-state index contributed by atoms with van der Waals surface area (Å²) in [6.45, 7) is 1.91. The molecule has 15 heavy (non-hydrogen) atoms. The van der Waals surface area contributed by atoms with E-state index < -0.39 is 0 Å². The molecular weight excluding hydrogens is 190 g/mol. The topological polar surface area (TPSA) is 64.9 Å². The van der Waals surface area contributed by atoms with E-state index in [0.717, 1.165) is 5.56 Å². The Morgan fingerprint density at radius 1 is 1.27 bits per heavy atom. The summed E-state index contributed by atoms with van der Waals surface area (Å²) in [4.78, 5) is 0. The van der Waals surface area contributed by atoms with Crippen LogP contribution in [0.5, 0.6) is 0 Å². The Morgan fingerprint density at radius 2 is 2.00 bits per heavy atom. The predicted molar refractivity (Wildman–Crippen MR) is 57.1 cm³/mol. The van der Waals surface area contributed by atoms with Gasteiger partial charge >= 0.3 is 0 Å². The number of hydrogen-bond acceptors (Lipinski definition) is 4. The van der Waals surface area contributed by atoms with Crippen LogP contribution in [0.25, 0.3) is 11.5 Å². The number of aromatic nitrogens is 2. The van der Waals surface area contributed by atoms with Crippen molar-refractivity contribution in [1.29, 1.82) is 0 Å². The van der Waals surface area contributed by atoms with E-state index >= 15 is 0 Å². The first kappa shape index (κ1) is 9.86. The molecule has 1 unspecified atom stereocenters. The first-order valence-corrected chi connectivity index (χ1v) is 4.89. The van der Waals surface area contributed by atoms with Crippen molar-refractivity contribution in [3.63, 3.8) is 0 Å². The van der Waals surface area contributed by atoms with Crippen molar-refractivity contribution in [2.45, 2.75) is 19.4 Å². The molecule has 1 heterocycles. The lowest BCUT2D eigenvalue weighted by Gasteiger charge is -1.97. The normalized spacial score (nSPS) is 12.7. The molecule has 0 amide bonds. The molecular formula is C11H13N3O. The maximum absolute atomic E-state index is 5.64. The molecule has 1 aromatic heterocycles. The maximum atomic E-state index is 5.64. The number of benzene rings is 1. The van der Waals surface area contributed by atoms with Crippen LogP contribution in [-0.2, 0) is 6.42 Å². The van der Waals surface area contributed by atoms with Gasteiger partial charge in [-0.3, -0.25) is 0 Å². The number of nitrogens with two attached hydrogens (primary N) is 1. The van der Waals surface area contributed by atoms with Gasteiger partial charge in [0, 0.05) is 18.0 Å². The molecule has 0 saturated carbocycles. The Morgan fingerprint density at radius 3 is 2.67 bits per heavy atom. The average molecular weight is 203 g/mol. The number of rotatable bonds is 3. The molecule has 2 rings (SSSR count). The van der Waals surface area contributed by atoms with Gasteiger partial charge < -0.3 is 10.2 Å². The zero-order valence-corrected chi connectivity index (χ0v) is 8.55. The second kappa shape index (κ2) is 4.23. The highest BCUT2D eigenvalue weighted by Gasteiger charge is 2.08. The van der Waals surface area contributed by atoms with Crippen molar-refractivity contribution in [3.8, 4) is 11.5 Å². The van der Waals surface area contributed by atoms with Crippen molar-refractivity contribution in [3.05, 3.63) is 36.2 Å². The van der Waals surface area contributed by atoms with E-state index in [1.807, 2.05) is 37.3 Å². The van der Waals surface area contributed by atoms with E-state index in [0.29, 0.717) is 18.2 Å². The third kappa shape index (κ3) is 2.41. The largest absolute Gasteiger partial charge is 0.421 e. The number of hydrogen-bond donors (Lipinski definition) is 1. The summed E-state index contributed by atoms with van der Waals surface area (Å²) < 4.78 is 5.48. The fourth-order valence-electron chi connectivity index (χ4n) is 1.31. The average Bonchev–Trinajstić information content (AvgIpc) is 2.67. The van der Waals surface area contributed by atoms with Gasteiger partial charge in [-0.15, -0.1) is 10.2 Å². The molecule has 4 heteroatoms. The summed E-state index contributed by atoms with van der Waals surface area (Å²) in [6.07, 6.45) is 0.611. The van der Waals surface area contributed by atoms with E-state index in [1.54, 1.807) is 0 Å². The monoisotopic (exact) mass is 203 g/mol. The van der Waals surface area contributed by atoms with Gasteiger partial charge in [0.2, 0.25) is 11.8 Å². The first-order valence-electron chi connectivity index (χ1n) is 4.89. The smallest absolute Gasteiger partial charge is 0.247 e. The molecule has 1 aromatic carbocycles. The van der Waals surface area contributed by atoms with Gasteiger partial charge in [-0.1, -0.05) is 18.2 Å². The third-order valence-electron chi connectivity index (χ3n) is 1.98. The van der Waals surface area contributed by atoms with Crippen LogP contribution in [0.3, 0.4) is 0 Å². The second-order valence-electron chi connectivity index (χ2n) is 3.55. The van der Waals surface area contributed by atoms with Crippen LogP contribution in [0.1, 0.15) is 12.8 Å². The van der Waals surface area contributed by atoms with Crippen molar-refractivity contribution >= 4 is 0 Å². The van der Waals surface area contributed by atoms with E-state index in [1.165, 1.54) is 0 Å². The molecule has 0 aliphatic rings. The Labute approximate surface area is 88.1 Å². The van der Waals surface area contributed by atoms with Gasteiger partial charge in [-0.05, 0) is 19.1 Å². The van der Waals surface area contributed by atoms with Gasteiger partial charge in [0.15, 0.2) is 0 Å². The summed E-state index contributed by atoms with van der Waals surface area (Å²) in [5.41, 5.74) is 6.58. The summed E-state index contributed by atoms with van der Waals surface area (Å²) >= 11 is 0. The van der Waals surface area contributed by atoms with Gasteiger partial charge in [-0.2, -0.15) is 0 Å². The second-order valence-corrected chi connectivity index (χ2v) is 3.55. The van der Waals surface area contributed by atoms with Crippen LogP contribution in [0.2, 0.25) is 0 Å². The highest BCUT2D eigenvalue weighted by molar-refractivity contribution is 5.51. The Kier molecular flexibility index (Phi) is 2.78. The zero-order valence-electron chi connectivity index (χ0n) is 8.55. The van der Waals surface area contributed by atoms with Crippen molar-refractivity contribution < 1.29 is 4.42 Å².